The van der Waals surface area contributed by atoms with Crippen LogP contribution in [0.1, 0.15) is 190 Å². The quantitative estimate of drug-likeness (QED) is 0.0578. The summed E-state index contributed by atoms with van der Waals surface area (Å²) in [6, 6.07) is 22.9. The van der Waals surface area contributed by atoms with Crippen LogP contribution in [0.25, 0.3) is 0 Å². The first kappa shape index (κ1) is 76.1. The number of hydrogen-bond acceptors (Lipinski definition) is 13. The molecule has 6 aromatic rings. The van der Waals surface area contributed by atoms with Gasteiger partial charge in [-0.25, -0.2) is 46.9 Å². The first-order valence-electron chi connectivity index (χ1n) is 38.4. The topological polar surface area (TPSA) is 220 Å². The summed E-state index contributed by atoms with van der Waals surface area (Å²) in [7, 11) is 0. The molecule has 22 nitrogen and oxygen atoms in total. The molecule has 3 fully saturated rings. The maximum absolute atomic E-state index is 14.9. The van der Waals surface area contributed by atoms with Gasteiger partial charge in [0, 0.05) is 91.2 Å². The van der Waals surface area contributed by atoms with E-state index in [2.05, 4.69) is 4.57 Å². The van der Waals surface area contributed by atoms with Crippen molar-refractivity contribution >= 4 is 58.8 Å². The summed E-state index contributed by atoms with van der Waals surface area (Å²) < 4.78 is 81.0. The van der Waals surface area contributed by atoms with Gasteiger partial charge >= 0.3 is 18.3 Å². The van der Waals surface area contributed by atoms with Crippen molar-refractivity contribution in [1.82, 2.24) is 43.4 Å². The Balaban J connectivity index is 0.000000142. The van der Waals surface area contributed by atoms with Crippen LogP contribution in [0.3, 0.4) is 0 Å². The highest BCUT2D eigenvalue weighted by molar-refractivity contribution is 6.11. The molecule has 0 saturated carbocycles. The van der Waals surface area contributed by atoms with E-state index in [1.165, 1.54) is 27.7 Å². The Hall–Kier alpha value is -9.10. The Morgan fingerprint density at radius 1 is 0.411 bits per heavy atom. The second-order valence-corrected chi connectivity index (χ2v) is 32.4. The maximum Gasteiger partial charge on any atom is 0.410 e. The molecule has 9 heterocycles. The van der Waals surface area contributed by atoms with E-state index in [0.29, 0.717) is 37.8 Å². The Labute approximate surface area is 623 Å². The first-order chi connectivity index (χ1) is 50.8. The molecule has 9 aliphatic rings. The normalized spacial score (nSPS) is 18.5. The van der Waals surface area contributed by atoms with Crippen molar-refractivity contribution in [3.05, 3.63) is 141 Å². The minimum atomic E-state index is -2.89. The van der Waals surface area contributed by atoms with Gasteiger partial charge in [-0.05, 0) is 153 Å². The lowest BCUT2D eigenvalue weighted by atomic mass is 9.75. The fourth-order valence-electron chi connectivity index (χ4n) is 16.7. The summed E-state index contributed by atoms with van der Waals surface area (Å²) >= 11 is 0. The van der Waals surface area contributed by atoms with Gasteiger partial charge in [-0.1, -0.05) is 96.1 Å². The summed E-state index contributed by atoms with van der Waals surface area (Å²) in [4.78, 5) is 116. The van der Waals surface area contributed by atoms with Crippen molar-refractivity contribution in [2.75, 3.05) is 54.0 Å². The van der Waals surface area contributed by atoms with Crippen molar-refractivity contribution in [1.29, 1.82) is 0 Å². The average Bonchev–Trinajstić information content (AvgIpc) is 1.57. The molecule has 3 aromatic heterocycles. The number of nitrogens with zero attached hydrogens (tertiary/aromatic N) is 12. The van der Waals surface area contributed by atoms with Crippen LogP contribution in [-0.4, -0.2) is 155 Å². The van der Waals surface area contributed by atoms with Gasteiger partial charge in [-0.3, -0.25) is 19.2 Å². The summed E-state index contributed by atoms with van der Waals surface area (Å²) in [6.45, 7) is 22.3. The molecule has 3 spiro atoms. The van der Waals surface area contributed by atoms with Gasteiger partial charge < -0.3 is 57.3 Å². The van der Waals surface area contributed by atoms with E-state index in [1.807, 2.05) is 100 Å². The first-order valence-corrected chi connectivity index (χ1v) is 38.4. The zero-order valence-electron chi connectivity index (χ0n) is 63.8. The number of carbonyl (C=O) groups excluding carboxylic acids is 7. The number of alkyl halides is 4. The number of Topliss-reactive ketones (excluding diaryl/α,β-unsaturated/α-hetero) is 1. The van der Waals surface area contributed by atoms with E-state index in [-0.39, 0.29) is 93.1 Å². The zero-order chi connectivity index (χ0) is 76.6. The van der Waals surface area contributed by atoms with Gasteiger partial charge in [-0.15, -0.1) is 0 Å². The van der Waals surface area contributed by atoms with Crippen LogP contribution in [0.15, 0.2) is 72.8 Å². The molecule has 6 amide bonds. The Morgan fingerprint density at radius 3 is 0.963 bits per heavy atom. The SMILES string of the molecule is CC(C)OC(=O)N1CC2(C1)C(=O)N(Cc1nc3c(n1CC(=O)C(C)C)CCCC3)c1ccccc12.CC(C)OC(=O)N1CC2(C1)C(=O)N(Cc1nc3c(n1CC(F)(F)C(C)C)CCCC3)c1ccccc12.CC(C)OC(=O)N1CC2(C1)C(=O)N(Cc1nc3c(n1CC(F)(F)C(C)C)CCCC3)c1ccccc12. The summed E-state index contributed by atoms with van der Waals surface area (Å²) in [5.74, 6) is -5.80. The van der Waals surface area contributed by atoms with Crippen LogP contribution < -0.4 is 14.7 Å². The molecule has 3 saturated heterocycles. The second-order valence-electron chi connectivity index (χ2n) is 32.4. The third-order valence-electron chi connectivity index (χ3n) is 22.9. The van der Waals surface area contributed by atoms with E-state index in [1.54, 1.807) is 66.2 Å². The highest BCUT2D eigenvalue weighted by Crippen LogP contribution is 2.52. The van der Waals surface area contributed by atoms with E-state index in [4.69, 9.17) is 29.2 Å². The fraction of sp³-hybridized carbons (Fsp3) is 0.580. The summed E-state index contributed by atoms with van der Waals surface area (Å²) in [5.41, 5.74) is 8.28. The number of anilines is 3. The number of amides is 6. The number of carbonyl (C=O) groups is 7. The van der Waals surface area contributed by atoms with Crippen LogP contribution >= 0.6 is 0 Å². The molecule has 574 valence electrons. The number of aromatic nitrogens is 6. The Kier molecular flexibility index (Phi) is 21.0. The number of hydrogen-bond donors (Lipinski definition) is 0. The van der Waals surface area contributed by atoms with Gasteiger partial charge in [-0.2, -0.15) is 0 Å². The number of ether oxygens (including phenoxy) is 3. The van der Waals surface area contributed by atoms with Gasteiger partial charge in [0.2, 0.25) is 17.7 Å². The molecule has 0 atom stereocenters. The van der Waals surface area contributed by atoms with E-state index in [0.717, 1.165) is 151 Å². The van der Waals surface area contributed by atoms with Crippen molar-refractivity contribution in [2.45, 2.75) is 246 Å². The number of aryl methyl sites for hydroxylation is 3. The molecule has 0 radical (unpaired) electrons. The molecular formula is C81H102F4N12O10. The largest absolute Gasteiger partial charge is 0.447 e. The van der Waals surface area contributed by atoms with Crippen molar-refractivity contribution in [2.24, 2.45) is 17.8 Å². The van der Waals surface area contributed by atoms with Crippen LogP contribution in [0.5, 0.6) is 0 Å². The van der Waals surface area contributed by atoms with Crippen molar-refractivity contribution in [3.8, 4) is 0 Å². The number of halogens is 4. The molecule has 0 N–H and O–H groups in total. The lowest BCUT2D eigenvalue weighted by Gasteiger charge is -2.46. The summed E-state index contributed by atoms with van der Waals surface area (Å²) in [5, 5.41) is 0. The van der Waals surface area contributed by atoms with Crippen LogP contribution in [0.2, 0.25) is 0 Å². The Morgan fingerprint density at radius 2 is 0.682 bits per heavy atom. The minimum absolute atomic E-state index is 0.0185. The predicted octanol–water partition coefficient (Wildman–Crippen LogP) is 13.0. The average molecular weight is 1480 g/mol. The van der Waals surface area contributed by atoms with Gasteiger partial charge in [0.25, 0.3) is 11.8 Å². The Bertz CT molecular complexity index is 4240. The number of ketones is 1. The molecule has 26 heteroatoms. The van der Waals surface area contributed by atoms with E-state index in [9.17, 15) is 51.1 Å². The molecule has 107 heavy (non-hydrogen) atoms. The number of fused-ring (bicyclic) bond motifs is 9. The number of imidazole rings is 3. The second kappa shape index (κ2) is 29.5. The molecular weight excluding hydrogens is 1380 g/mol. The van der Waals surface area contributed by atoms with Crippen molar-refractivity contribution < 1.29 is 65.3 Å². The molecule has 0 bridgehead atoms. The number of benzene rings is 3. The van der Waals surface area contributed by atoms with Crippen LogP contribution in [-0.2, 0) is 127 Å². The maximum atomic E-state index is 14.9. The molecule has 3 aliphatic carbocycles. The number of rotatable bonds is 18. The molecule has 0 unspecified atom stereocenters. The van der Waals surface area contributed by atoms with Crippen LogP contribution in [0, 0.1) is 17.8 Å². The highest BCUT2D eigenvalue weighted by atomic mass is 19.3. The van der Waals surface area contributed by atoms with Crippen molar-refractivity contribution in [3.63, 3.8) is 0 Å². The lowest BCUT2D eigenvalue weighted by molar-refractivity contribution is -0.129. The van der Waals surface area contributed by atoms with E-state index < -0.39 is 65.2 Å². The third kappa shape index (κ3) is 14.1. The van der Waals surface area contributed by atoms with E-state index >= 15 is 0 Å². The third-order valence-corrected chi connectivity index (χ3v) is 22.9. The smallest absolute Gasteiger partial charge is 0.410 e. The number of para-hydroxylation sites is 3. The molecule has 15 rings (SSSR count). The monoisotopic (exact) mass is 1480 g/mol. The van der Waals surface area contributed by atoms with Gasteiger partial charge in [0.05, 0.1) is 74.7 Å². The standard InChI is InChI=1S/2C27H34F2N4O3.C27H34N4O4/c2*1-17(2)27(28,29)16-33-22-12-8-6-10-20(22)30-23(33)13-32-21-11-7-5-9-19(21)26(24(32)34)14-31(15-26)25(35)36-18(3)4;1-17(2)23(32)13-30-22-12-8-6-10-20(22)28-24(30)14-31-21-11-7-5-9-19(21)27(25(31)33)15-29(16-27)26(34)35-18(3)4/h2*5,7,9,11,17-18H,6,8,10,12-16H2,1-4H3;5,7,9,11,17-18H,6,8,10,12-16H2,1-4H3. The highest BCUT2D eigenvalue weighted by Gasteiger charge is 2.63. The van der Waals surface area contributed by atoms with Crippen LogP contribution in [0.4, 0.5) is 49.0 Å². The predicted molar refractivity (Wildman–Crippen MR) is 394 cm³/mol. The van der Waals surface area contributed by atoms with Gasteiger partial charge in [0.15, 0.2) is 5.78 Å². The molecule has 6 aliphatic heterocycles. The minimum Gasteiger partial charge on any atom is -0.447 e. The summed E-state index contributed by atoms with van der Waals surface area (Å²) in [6.07, 6.45) is 8.90. The molecule has 3 aromatic carbocycles. The lowest BCUT2D eigenvalue weighted by Crippen LogP contribution is -2.65. The fourth-order valence-corrected chi connectivity index (χ4v) is 16.7. The number of likely N-dealkylation sites (tertiary alicyclic amines) is 3. The zero-order valence-corrected chi connectivity index (χ0v) is 63.8. The van der Waals surface area contributed by atoms with Gasteiger partial charge in [0.1, 0.15) is 33.7 Å².